The van der Waals surface area contributed by atoms with Gasteiger partial charge < -0.3 is 20.1 Å². The SMILES string of the molecule is CC/C=C\C/C=C\C/C=C\C/C=C\C/C=C\CCCCCCCCCCCCCCCCCCCCCC(=O)OC(COC(=O)CCCCCCCCCC)COP(=O)(O)OCCN. The van der Waals surface area contributed by atoms with Gasteiger partial charge in [-0.1, -0.05) is 229 Å². The molecule has 0 aliphatic heterocycles. The summed E-state index contributed by atoms with van der Waals surface area (Å²) in [4.78, 5) is 34.8. The van der Waals surface area contributed by atoms with Crippen LogP contribution < -0.4 is 5.73 Å². The van der Waals surface area contributed by atoms with Gasteiger partial charge in [0.25, 0.3) is 0 Å². The molecule has 10 heteroatoms. The minimum Gasteiger partial charge on any atom is -0.462 e. The Morgan fingerprint density at radius 3 is 1.28 bits per heavy atom. The van der Waals surface area contributed by atoms with Crippen LogP contribution in [-0.4, -0.2) is 49.3 Å². The minimum absolute atomic E-state index is 0.0543. The van der Waals surface area contributed by atoms with Gasteiger partial charge in [-0.25, -0.2) is 4.57 Å². The Hall–Kier alpha value is -2.29. The van der Waals surface area contributed by atoms with Crippen molar-refractivity contribution in [1.29, 1.82) is 0 Å². The number of allylic oxidation sites excluding steroid dienone is 10. The van der Waals surface area contributed by atoms with Gasteiger partial charge in [-0.15, -0.1) is 0 Å². The van der Waals surface area contributed by atoms with Crippen molar-refractivity contribution < 1.29 is 37.6 Å². The highest BCUT2D eigenvalue weighted by atomic mass is 31.2. The third-order valence-electron chi connectivity index (χ3n) is 11.2. The van der Waals surface area contributed by atoms with Crippen molar-refractivity contribution in [2.75, 3.05) is 26.4 Å². The lowest BCUT2D eigenvalue weighted by Gasteiger charge is -2.19. The predicted octanol–water partition coefficient (Wildman–Crippen LogP) is 16.0. The summed E-state index contributed by atoms with van der Waals surface area (Å²) in [6.45, 7) is 3.60. The molecule has 0 heterocycles. The third kappa shape index (κ3) is 49.2. The lowest BCUT2D eigenvalue weighted by molar-refractivity contribution is -0.161. The van der Waals surface area contributed by atoms with Gasteiger partial charge in [0, 0.05) is 19.4 Å². The molecule has 0 amide bonds. The van der Waals surface area contributed by atoms with E-state index in [4.69, 9.17) is 24.3 Å². The highest BCUT2D eigenvalue weighted by Crippen LogP contribution is 2.43. The summed E-state index contributed by atoms with van der Waals surface area (Å²) in [7, 11) is -4.37. The number of unbranched alkanes of at least 4 members (excludes halogenated alkanes) is 26. The van der Waals surface area contributed by atoms with Crippen LogP contribution in [0, 0.1) is 0 Å². The van der Waals surface area contributed by atoms with E-state index in [-0.39, 0.29) is 38.6 Å². The van der Waals surface area contributed by atoms with E-state index in [0.717, 1.165) is 64.2 Å². The molecular formula is C54H98NO8P. The van der Waals surface area contributed by atoms with Crippen LogP contribution in [0.2, 0.25) is 0 Å². The first-order valence-electron chi connectivity index (χ1n) is 26.3. The largest absolute Gasteiger partial charge is 0.472 e. The van der Waals surface area contributed by atoms with E-state index < -0.39 is 26.5 Å². The normalized spacial score (nSPS) is 13.6. The molecule has 0 bridgehead atoms. The number of rotatable bonds is 49. The molecule has 64 heavy (non-hydrogen) atoms. The maximum Gasteiger partial charge on any atom is 0.472 e. The first kappa shape index (κ1) is 61.7. The van der Waals surface area contributed by atoms with Crippen molar-refractivity contribution in [3.05, 3.63) is 60.8 Å². The molecule has 2 unspecified atom stereocenters. The summed E-state index contributed by atoms with van der Waals surface area (Å²) < 4.78 is 32.8. The predicted molar refractivity (Wildman–Crippen MR) is 270 cm³/mol. The van der Waals surface area contributed by atoms with Gasteiger partial charge in [0.2, 0.25) is 0 Å². The van der Waals surface area contributed by atoms with E-state index in [1.165, 1.54) is 141 Å². The molecule has 372 valence electrons. The van der Waals surface area contributed by atoms with Crippen LogP contribution in [0.3, 0.4) is 0 Å². The minimum atomic E-state index is -4.37. The molecule has 3 N–H and O–H groups in total. The Kier molecular flexibility index (Phi) is 48.3. The number of carbonyl (C=O) groups excluding carboxylic acids is 2. The fourth-order valence-electron chi connectivity index (χ4n) is 7.31. The van der Waals surface area contributed by atoms with Crippen molar-refractivity contribution >= 4 is 19.8 Å². The first-order valence-corrected chi connectivity index (χ1v) is 27.8. The molecule has 0 rings (SSSR count). The molecule has 0 spiro atoms. The summed E-state index contributed by atoms with van der Waals surface area (Å²) in [5.41, 5.74) is 5.35. The Morgan fingerprint density at radius 2 is 0.859 bits per heavy atom. The summed E-state index contributed by atoms with van der Waals surface area (Å²) in [5, 5.41) is 0. The summed E-state index contributed by atoms with van der Waals surface area (Å²) in [6, 6.07) is 0. The van der Waals surface area contributed by atoms with Crippen LogP contribution in [0.1, 0.15) is 239 Å². The molecule has 0 fully saturated rings. The van der Waals surface area contributed by atoms with Gasteiger partial charge in [0.05, 0.1) is 13.2 Å². The van der Waals surface area contributed by atoms with Crippen LogP contribution in [0.4, 0.5) is 0 Å². The first-order chi connectivity index (χ1) is 31.3. The second-order valence-corrected chi connectivity index (χ2v) is 18.8. The maximum absolute atomic E-state index is 12.6. The zero-order valence-electron chi connectivity index (χ0n) is 41.3. The number of nitrogens with two attached hydrogens (primary N) is 1. The van der Waals surface area contributed by atoms with Crippen molar-refractivity contribution in [2.24, 2.45) is 5.73 Å². The fourth-order valence-corrected chi connectivity index (χ4v) is 8.08. The molecule has 0 saturated carbocycles. The number of phosphoric acid groups is 1. The molecule has 0 radical (unpaired) electrons. The summed E-state index contributed by atoms with van der Waals surface area (Å²) in [5.74, 6) is -0.826. The van der Waals surface area contributed by atoms with Crippen molar-refractivity contribution in [1.82, 2.24) is 0 Å². The van der Waals surface area contributed by atoms with E-state index in [1.807, 2.05) is 0 Å². The van der Waals surface area contributed by atoms with E-state index in [2.05, 4.69) is 74.6 Å². The van der Waals surface area contributed by atoms with Crippen LogP contribution in [-0.2, 0) is 32.7 Å². The van der Waals surface area contributed by atoms with Crippen LogP contribution >= 0.6 is 7.82 Å². The van der Waals surface area contributed by atoms with Gasteiger partial charge in [-0.3, -0.25) is 18.6 Å². The Labute approximate surface area is 393 Å². The summed E-state index contributed by atoms with van der Waals surface area (Å²) >= 11 is 0. The molecule has 0 aromatic rings. The number of carbonyl (C=O) groups is 2. The van der Waals surface area contributed by atoms with E-state index >= 15 is 0 Å². The molecule has 0 aromatic heterocycles. The van der Waals surface area contributed by atoms with Gasteiger partial charge in [0.1, 0.15) is 6.61 Å². The lowest BCUT2D eigenvalue weighted by Crippen LogP contribution is -2.29. The number of esters is 2. The van der Waals surface area contributed by atoms with Crippen LogP contribution in [0.25, 0.3) is 0 Å². The van der Waals surface area contributed by atoms with Crippen molar-refractivity contribution in [3.8, 4) is 0 Å². The second-order valence-electron chi connectivity index (χ2n) is 17.4. The molecule has 0 aliphatic carbocycles. The van der Waals surface area contributed by atoms with E-state index in [1.54, 1.807) is 0 Å². The lowest BCUT2D eigenvalue weighted by atomic mass is 10.0. The molecular weight excluding hydrogens is 822 g/mol. The van der Waals surface area contributed by atoms with E-state index in [9.17, 15) is 19.0 Å². The second kappa shape index (κ2) is 50.1. The van der Waals surface area contributed by atoms with Gasteiger partial charge >= 0.3 is 19.8 Å². The molecule has 0 saturated heterocycles. The number of ether oxygens (including phenoxy) is 2. The average Bonchev–Trinajstić information content (AvgIpc) is 3.28. The summed E-state index contributed by atoms with van der Waals surface area (Å²) in [6.07, 6.45) is 61.6. The van der Waals surface area contributed by atoms with Gasteiger partial charge in [-0.05, 0) is 57.8 Å². The molecule has 0 aromatic carbocycles. The zero-order valence-corrected chi connectivity index (χ0v) is 42.2. The molecule has 0 aliphatic rings. The van der Waals surface area contributed by atoms with Gasteiger partial charge in [-0.2, -0.15) is 0 Å². The highest BCUT2D eigenvalue weighted by Gasteiger charge is 2.26. The fraction of sp³-hybridized carbons (Fsp3) is 0.778. The van der Waals surface area contributed by atoms with Crippen LogP contribution in [0.15, 0.2) is 60.8 Å². The topological polar surface area (TPSA) is 134 Å². The molecule has 9 nitrogen and oxygen atoms in total. The van der Waals surface area contributed by atoms with E-state index in [0.29, 0.717) is 6.42 Å². The number of hydrogen-bond donors (Lipinski definition) is 2. The molecule has 2 atom stereocenters. The Bertz CT molecular complexity index is 1230. The Morgan fingerprint density at radius 1 is 0.484 bits per heavy atom. The Balaban J connectivity index is 3.78. The van der Waals surface area contributed by atoms with Crippen LogP contribution in [0.5, 0.6) is 0 Å². The monoisotopic (exact) mass is 920 g/mol. The smallest absolute Gasteiger partial charge is 0.462 e. The zero-order chi connectivity index (χ0) is 46.7. The quantitative estimate of drug-likeness (QED) is 0.0265. The maximum atomic E-state index is 12.6. The van der Waals surface area contributed by atoms with Crippen molar-refractivity contribution in [3.63, 3.8) is 0 Å². The van der Waals surface area contributed by atoms with Gasteiger partial charge in [0.15, 0.2) is 6.10 Å². The number of phosphoric ester groups is 1. The number of hydrogen-bond acceptors (Lipinski definition) is 8. The van der Waals surface area contributed by atoms with Crippen molar-refractivity contribution in [2.45, 2.75) is 245 Å². The standard InChI is InChI=1S/C54H98NO8P/c1-3-5-7-9-11-13-14-15-16-17-18-19-20-21-22-23-24-25-26-27-28-29-30-31-32-33-34-35-36-37-38-39-41-43-45-47-54(57)63-52(51-62-64(58,59)61-49-48-55)50-60-53(56)46-44-42-40-12-10-8-6-4-2/h5,7,11,13,15-16,18-19,21-22,52H,3-4,6,8-10,12,14,17,20,23-51,55H2,1-2H3,(H,58,59)/b7-5-,13-11-,16-15-,19-18-,22-21-. The third-order valence-corrected chi connectivity index (χ3v) is 12.2. The highest BCUT2D eigenvalue weighted by molar-refractivity contribution is 7.47. The average molecular weight is 920 g/mol.